The van der Waals surface area contributed by atoms with Gasteiger partial charge in [-0.3, -0.25) is 4.79 Å². The third-order valence-electron chi connectivity index (χ3n) is 6.62. The monoisotopic (exact) mass is 350 g/mol. The van der Waals surface area contributed by atoms with E-state index in [4.69, 9.17) is 9.47 Å². The summed E-state index contributed by atoms with van der Waals surface area (Å²) in [6.45, 7) is 3.36. The van der Waals surface area contributed by atoms with Crippen LogP contribution in [0.5, 0.6) is 0 Å². The van der Waals surface area contributed by atoms with Gasteiger partial charge in [-0.2, -0.15) is 0 Å². The third kappa shape index (κ3) is 4.75. The molecule has 0 aromatic heterocycles. The molecular formula is C20H34N2O3. The fourth-order valence-corrected chi connectivity index (χ4v) is 5.17. The summed E-state index contributed by atoms with van der Waals surface area (Å²) in [4.78, 5) is 14.7. The molecular weight excluding hydrogens is 316 g/mol. The molecule has 4 fully saturated rings. The molecule has 2 bridgehead atoms. The zero-order chi connectivity index (χ0) is 17.1. The number of hydrogen-bond donors (Lipinski definition) is 1. The molecule has 4 rings (SSSR count). The van der Waals surface area contributed by atoms with Crippen LogP contribution < -0.4 is 5.32 Å². The summed E-state index contributed by atoms with van der Waals surface area (Å²) in [6, 6.07) is 1.36. The first-order chi connectivity index (χ1) is 12.3. The maximum Gasteiger partial charge on any atom is 0.222 e. The number of rotatable bonds is 5. The van der Waals surface area contributed by atoms with Crippen LogP contribution in [0.4, 0.5) is 0 Å². The van der Waals surface area contributed by atoms with Crippen molar-refractivity contribution in [1.29, 1.82) is 0 Å². The number of likely N-dealkylation sites (tertiary alicyclic amines) is 1. The molecule has 5 nitrogen and oxygen atoms in total. The van der Waals surface area contributed by atoms with E-state index in [2.05, 4.69) is 10.2 Å². The number of carbonyl (C=O) groups excluding carboxylic acids is 1. The van der Waals surface area contributed by atoms with Crippen molar-refractivity contribution >= 4 is 5.91 Å². The number of nitrogens with one attached hydrogen (secondary N) is 1. The fraction of sp³-hybridized carbons (Fsp3) is 0.950. The van der Waals surface area contributed by atoms with E-state index in [0.29, 0.717) is 36.1 Å². The van der Waals surface area contributed by atoms with Gasteiger partial charge in [0.1, 0.15) is 0 Å². The zero-order valence-electron chi connectivity index (χ0n) is 15.5. The molecule has 1 N–H and O–H groups in total. The van der Waals surface area contributed by atoms with Gasteiger partial charge in [0.25, 0.3) is 0 Å². The lowest BCUT2D eigenvalue weighted by Crippen LogP contribution is -2.44. The molecule has 4 aliphatic rings. The number of piperidine rings is 2. The molecule has 3 atom stereocenters. The number of nitrogens with zero attached hydrogens (tertiary/aromatic N) is 1. The molecule has 4 saturated heterocycles. The van der Waals surface area contributed by atoms with Gasteiger partial charge >= 0.3 is 0 Å². The molecule has 0 aliphatic carbocycles. The highest BCUT2D eigenvalue weighted by Gasteiger charge is 2.35. The third-order valence-corrected chi connectivity index (χ3v) is 6.62. The molecule has 3 unspecified atom stereocenters. The Balaban J connectivity index is 1.15. The maximum absolute atomic E-state index is 12.7. The van der Waals surface area contributed by atoms with E-state index < -0.39 is 0 Å². The number of ether oxygens (including phenoxy) is 2. The smallest absolute Gasteiger partial charge is 0.222 e. The van der Waals surface area contributed by atoms with Crippen molar-refractivity contribution in [3.63, 3.8) is 0 Å². The van der Waals surface area contributed by atoms with E-state index in [1.54, 1.807) is 0 Å². The molecule has 0 radical (unpaired) electrons. The van der Waals surface area contributed by atoms with Gasteiger partial charge in [0.05, 0.1) is 18.8 Å². The summed E-state index contributed by atoms with van der Waals surface area (Å²) in [5.74, 6) is 0.976. The summed E-state index contributed by atoms with van der Waals surface area (Å²) >= 11 is 0. The molecule has 4 aliphatic heterocycles. The lowest BCUT2D eigenvalue weighted by Gasteiger charge is -2.35. The Hall–Kier alpha value is -0.650. The maximum atomic E-state index is 12.7. The second-order valence-corrected chi connectivity index (χ2v) is 8.58. The van der Waals surface area contributed by atoms with Crippen molar-refractivity contribution in [3.8, 4) is 0 Å². The average molecular weight is 351 g/mol. The van der Waals surface area contributed by atoms with Gasteiger partial charge in [-0.15, -0.1) is 0 Å². The minimum atomic E-state index is 0.295. The van der Waals surface area contributed by atoms with Crippen molar-refractivity contribution in [3.05, 3.63) is 0 Å². The average Bonchev–Trinajstić information content (AvgIpc) is 2.99. The Morgan fingerprint density at radius 1 is 1.04 bits per heavy atom. The normalized spacial score (nSPS) is 36.6. The molecule has 0 spiro atoms. The Morgan fingerprint density at radius 3 is 2.48 bits per heavy atom. The van der Waals surface area contributed by atoms with E-state index in [0.717, 1.165) is 52.0 Å². The van der Waals surface area contributed by atoms with Gasteiger partial charge in [-0.05, 0) is 63.7 Å². The van der Waals surface area contributed by atoms with Gasteiger partial charge in [-0.1, -0.05) is 0 Å². The highest BCUT2D eigenvalue weighted by Crippen LogP contribution is 2.33. The first kappa shape index (κ1) is 17.7. The van der Waals surface area contributed by atoms with Crippen LogP contribution in [0, 0.1) is 5.92 Å². The minimum Gasteiger partial charge on any atom is -0.376 e. The molecule has 142 valence electrons. The van der Waals surface area contributed by atoms with Gasteiger partial charge in [0.2, 0.25) is 5.91 Å². The van der Waals surface area contributed by atoms with E-state index in [-0.39, 0.29) is 0 Å². The first-order valence-corrected chi connectivity index (χ1v) is 10.5. The Labute approximate surface area is 151 Å². The summed E-state index contributed by atoms with van der Waals surface area (Å²) in [5.41, 5.74) is 0. The van der Waals surface area contributed by atoms with Gasteiger partial charge in [-0.25, -0.2) is 0 Å². The second kappa shape index (κ2) is 8.36. The van der Waals surface area contributed by atoms with Crippen LogP contribution in [0.3, 0.4) is 0 Å². The number of fused-ring (bicyclic) bond motifs is 2. The van der Waals surface area contributed by atoms with E-state index in [1.807, 2.05) is 0 Å². The molecule has 5 heteroatoms. The zero-order valence-corrected chi connectivity index (χ0v) is 15.5. The molecule has 25 heavy (non-hydrogen) atoms. The lowest BCUT2D eigenvalue weighted by atomic mass is 9.89. The van der Waals surface area contributed by atoms with Gasteiger partial charge in [0.15, 0.2) is 0 Å². The number of amides is 1. The predicted molar refractivity (Wildman–Crippen MR) is 96.4 cm³/mol. The summed E-state index contributed by atoms with van der Waals surface area (Å²) in [6.07, 6.45) is 11.9. The Morgan fingerprint density at radius 2 is 1.80 bits per heavy atom. The number of hydrogen-bond acceptors (Lipinski definition) is 4. The van der Waals surface area contributed by atoms with Crippen LogP contribution in [0.15, 0.2) is 0 Å². The quantitative estimate of drug-likeness (QED) is 0.828. The molecule has 0 aromatic carbocycles. The van der Waals surface area contributed by atoms with Crippen molar-refractivity contribution < 1.29 is 14.3 Å². The SMILES string of the molecule is O=C(CC1CC2CCC(C1)N2)N1CCC(OCC2CCCCO2)CC1. The summed E-state index contributed by atoms with van der Waals surface area (Å²) in [5, 5.41) is 3.67. The van der Waals surface area contributed by atoms with E-state index in [9.17, 15) is 4.79 Å². The Kier molecular flexibility index (Phi) is 5.94. The van der Waals surface area contributed by atoms with Crippen LogP contribution in [-0.2, 0) is 14.3 Å². The van der Waals surface area contributed by atoms with Crippen molar-refractivity contribution in [1.82, 2.24) is 10.2 Å². The standard InChI is InChI=1S/C20H34N2O3/c23-20(13-15-11-16-4-5-17(12-15)21-16)22-8-6-18(7-9-22)25-14-19-3-1-2-10-24-19/h15-19,21H,1-14H2. The molecule has 0 saturated carbocycles. The molecule has 4 heterocycles. The largest absolute Gasteiger partial charge is 0.376 e. The summed E-state index contributed by atoms with van der Waals surface area (Å²) < 4.78 is 11.8. The van der Waals surface area contributed by atoms with Gasteiger partial charge < -0.3 is 19.7 Å². The van der Waals surface area contributed by atoms with E-state index in [1.165, 1.54) is 38.5 Å². The number of carbonyl (C=O) groups is 1. The topological polar surface area (TPSA) is 50.8 Å². The van der Waals surface area contributed by atoms with Crippen molar-refractivity contribution in [2.24, 2.45) is 5.92 Å². The lowest BCUT2D eigenvalue weighted by molar-refractivity contribution is -0.136. The van der Waals surface area contributed by atoms with Crippen LogP contribution in [0.25, 0.3) is 0 Å². The van der Waals surface area contributed by atoms with E-state index >= 15 is 0 Å². The first-order valence-electron chi connectivity index (χ1n) is 10.5. The highest BCUT2D eigenvalue weighted by atomic mass is 16.5. The van der Waals surface area contributed by atoms with Crippen LogP contribution in [0.2, 0.25) is 0 Å². The Bertz CT molecular complexity index is 432. The molecule has 0 aromatic rings. The van der Waals surface area contributed by atoms with Crippen LogP contribution in [0.1, 0.15) is 64.2 Å². The van der Waals surface area contributed by atoms with Crippen molar-refractivity contribution in [2.75, 3.05) is 26.3 Å². The minimum absolute atomic E-state index is 0.295. The predicted octanol–water partition coefficient (Wildman–Crippen LogP) is 2.48. The highest BCUT2D eigenvalue weighted by molar-refractivity contribution is 5.76. The molecule has 1 amide bonds. The fourth-order valence-electron chi connectivity index (χ4n) is 5.17. The van der Waals surface area contributed by atoms with Crippen molar-refractivity contribution in [2.45, 2.75) is 88.5 Å². The van der Waals surface area contributed by atoms with Crippen LogP contribution in [-0.4, -0.2) is 61.4 Å². The van der Waals surface area contributed by atoms with Crippen LogP contribution >= 0.6 is 0 Å². The van der Waals surface area contributed by atoms with Gasteiger partial charge in [0, 0.05) is 38.2 Å². The second-order valence-electron chi connectivity index (χ2n) is 8.58. The summed E-state index contributed by atoms with van der Waals surface area (Å²) in [7, 11) is 0.